The summed E-state index contributed by atoms with van der Waals surface area (Å²) in [4.78, 5) is 5.17. The maximum absolute atomic E-state index is 5.17. The van der Waals surface area contributed by atoms with Crippen LogP contribution in [0.2, 0.25) is 0 Å². The van der Waals surface area contributed by atoms with Gasteiger partial charge in [0.1, 0.15) is 0 Å². The van der Waals surface area contributed by atoms with E-state index in [1.54, 1.807) is 0 Å². The van der Waals surface area contributed by atoms with Crippen molar-refractivity contribution in [1.29, 1.82) is 0 Å². The quantitative estimate of drug-likeness (QED) is 0.135. The van der Waals surface area contributed by atoms with Crippen LogP contribution >= 0.6 is 0 Å². The average Bonchev–Trinajstić information content (AvgIpc) is 3.47. The van der Waals surface area contributed by atoms with Crippen molar-refractivity contribution in [3.05, 3.63) is 181 Å². The van der Waals surface area contributed by atoms with Crippen molar-refractivity contribution in [3.63, 3.8) is 0 Å². The van der Waals surface area contributed by atoms with Crippen molar-refractivity contribution < 1.29 is 21.1 Å². The van der Waals surface area contributed by atoms with Crippen molar-refractivity contribution in [1.82, 2.24) is 9.55 Å². The molecule has 2 aromatic heterocycles. The summed E-state index contributed by atoms with van der Waals surface area (Å²) in [6, 6.07) is 63.6. The van der Waals surface area contributed by atoms with Gasteiger partial charge in [-0.05, 0) is 50.8 Å². The normalized spacial score (nSPS) is 14.2. The number of hydrogen-bond acceptors (Lipinski definition) is 1. The first-order valence-corrected chi connectivity index (χ1v) is 18.2. The van der Waals surface area contributed by atoms with Gasteiger partial charge in [0, 0.05) is 43.5 Å². The van der Waals surface area contributed by atoms with Gasteiger partial charge in [-0.2, -0.15) is 65.9 Å². The minimum atomic E-state index is -2.91. The van der Waals surface area contributed by atoms with Gasteiger partial charge in [-0.1, -0.05) is 92.2 Å². The zero-order valence-electron chi connectivity index (χ0n) is 26.6. The third-order valence-electron chi connectivity index (χ3n) is 10.1. The second kappa shape index (κ2) is 11.7. The monoisotopic (exact) mass is 810 g/mol. The molecule has 6 aromatic carbocycles. The van der Waals surface area contributed by atoms with Crippen LogP contribution in [0.1, 0.15) is 25.0 Å². The summed E-state index contributed by atoms with van der Waals surface area (Å²) in [5.41, 5.74) is 7.80. The summed E-state index contributed by atoms with van der Waals surface area (Å²) in [5, 5.41) is 7.48. The molecule has 3 heterocycles. The Bertz CT molecular complexity index is 2400. The van der Waals surface area contributed by atoms with Crippen molar-refractivity contribution in [2.24, 2.45) is 0 Å². The molecule has 2 nitrogen and oxygen atoms in total. The third-order valence-corrected chi connectivity index (χ3v) is 14.7. The predicted molar refractivity (Wildman–Crippen MR) is 196 cm³/mol. The standard InChI is InChI=1S/C44H31N2Si.Pt/c1-44(2)37-20-7-10-23-41(37)47(43-25-12-13-28-45-43,42-24-11-8-21-38(42)44)34-26-27-36-35-19-6-9-22-39(35)46(40(36)30-34)33-18-14-17-32(29-33)31-15-4-3-5-16-31;/h3-15,17-28H,1-2H3;/q-3;. The fourth-order valence-corrected chi connectivity index (χ4v) is 13.2. The molecular weight excluding hydrogens is 780 g/mol. The molecule has 0 atom stereocenters. The maximum atomic E-state index is 5.17. The van der Waals surface area contributed by atoms with Crippen LogP contribution < -0.4 is 20.9 Å². The number of rotatable bonds is 4. The molecular formula is C44H31N2PtSi-3. The van der Waals surface area contributed by atoms with Crippen molar-refractivity contribution in [2.75, 3.05) is 0 Å². The summed E-state index contributed by atoms with van der Waals surface area (Å²) in [5.74, 6) is 0. The molecule has 0 spiro atoms. The van der Waals surface area contributed by atoms with E-state index in [9.17, 15) is 0 Å². The Kier molecular flexibility index (Phi) is 7.44. The first-order chi connectivity index (χ1) is 23.1. The predicted octanol–water partition coefficient (Wildman–Crippen LogP) is 7.26. The number of para-hydroxylation sites is 1. The van der Waals surface area contributed by atoms with Crippen LogP contribution in [-0.2, 0) is 26.5 Å². The largest absolute Gasteiger partial charge is 0.353 e. The van der Waals surface area contributed by atoms with E-state index in [-0.39, 0.29) is 26.5 Å². The van der Waals surface area contributed by atoms with Gasteiger partial charge < -0.3 is 4.57 Å². The summed E-state index contributed by atoms with van der Waals surface area (Å²) in [7, 11) is -2.91. The third kappa shape index (κ3) is 4.38. The second-order valence-corrected chi connectivity index (χ2v) is 16.5. The number of benzene rings is 6. The minimum absolute atomic E-state index is 0. The van der Waals surface area contributed by atoms with Gasteiger partial charge in [0.25, 0.3) is 0 Å². The van der Waals surface area contributed by atoms with Crippen LogP contribution in [-0.4, -0.2) is 17.6 Å². The first kappa shape index (κ1) is 30.5. The topological polar surface area (TPSA) is 17.8 Å². The molecule has 1 aliphatic rings. The van der Waals surface area contributed by atoms with E-state index in [0.29, 0.717) is 0 Å². The van der Waals surface area contributed by atoms with Crippen molar-refractivity contribution in [2.45, 2.75) is 19.3 Å². The van der Waals surface area contributed by atoms with Crippen LogP contribution in [0.25, 0.3) is 38.6 Å². The van der Waals surface area contributed by atoms with Gasteiger partial charge >= 0.3 is 0 Å². The van der Waals surface area contributed by atoms with Crippen LogP contribution in [0.4, 0.5) is 0 Å². The number of hydrogen-bond donors (Lipinski definition) is 0. The van der Waals surface area contributed by atoms with Gasteiger partial charge in [0.15, 0.2) is 8.07 Å². The van der Waals surface area contributed by atoms with Crippen LogP contribution in [0.5, 0.6) is 0 Å². The molecule has 0 radical (unpaired) electrons. The van der Waals surface area contributed by atoms with Crippen LogP contribution in [0, 0.1) is 18.2 Å². The molecule has 4 heteroatoms. The molecule has 0 fully saturated rings. The molecule has 48 heavy (non-hydrogen) atoms. The molecule has 9 rings (SSSR count). The zero-order chi connectivity index (χ0) is 31.6. The minimum Gasteiger partial charge on any atom is -0.353 e. The van der Waals surface area contributed by atoms with E-state index >= 15 is 0 Å². The number of nitrogens with zero attached hydrogens (tertiary/aromatic N) is 2. The Morgan fingerprint density at radius 3 is 2.02 bits per heavy atom. The Morgan fingerprint density at radius 2 is 1.29 bits per heavy atom. The molecule has 8 aromatic rings. The summed E-state index contributed by atoms with van der Waals surface area (Å²) >= 11 is 0. The van der Waals surface area contributed by atoms with E-state index in [1.165, 1.54) is 37.5 Å². The van der Waals surface area contributed by atoms with E-state index in [2.05, 4.69) is 164 Å². The molecule has 0 amide bonds. The van der Waals surface area contributed by atoms with Gasteiger partial charge in [-0.3, -0.25) is 4.98 Å². The number of aromatic nitrogens is 2. The smallest absolute Gasteiger partial charge is 0.178 e. The zero-order valence-corrected chi connectivity index (χ0v) is 29.9. The molecule has 0 aliphatic carbocycles. The number of fused-ring (bicyclic) bond motifs is 5. The Morgan fingerprint density at radius 1 is 0.604 bits per heavy atom. The van der Waals surface area contributed by atoms with Gasteiger partial charge in [-0.25, -0.2) is 11.1 Å². The van der Waals surface area contributed by atoms with E-state index < -0.39 is 8.07 Å². The fraction of sp³-hybridized carbons (Fsp3) is 0.0682. The molecule has 0 bridgehead atoms. The Balaban J connectivity index is 0.00000336. The average molecular weight is 811 g/mol. The number of pyridine rings is 1. The van der Waals surface area contributed by atoms with Crippen LogP contribution in [0.15, 0.2) is 152 Å². The fourth-order valence-electron chi connectivity index (χ4n) is 7.96. The van der Waals surface area contributed by atoms with Gasteiger partial charge in [-0.15, -0.1) is 17.5 Å². The van der Waals surface area contributed by atoms with Gasteiger partial charge in [0.2, 0.25) is 0 Å². The molecule has 0 unspecified atom stereocenters. The molecule has 1 aliphatic heterocycles. The molecule has 0 N–H and O–H groups in total. The summed E-state index contributed by atoms with van der Waals surface area (Å²) in [6.07, 6.45) is 1.95. The van der Waals surface area contributed by atoms with Gasteiger partial charge in [0.05, 0.1) is 0 Å². The maximum Gasteiger partial charge on any atom is 0.178 e. The van der Waals surface area contributed by atoms with Crippen molar-refractivity contribution in [3.8, 4) is 16.8 Å². The summed E-state index contributed by atoms with van der Waals surface area (Å²) in [6.45, 7) is 4.72. The van der Waals surface area contributed by atoms with Crippen molar-refractivity contribution >= 4 is 50.8 Å². The van der Waals surface area contributed by atoms with E-state index in [0.717, 1.165) is 33.2 Å². The van der Waals surface area contributed by atoms with E-state index in [4.69, 9.17) is 4.98 Å². The first-order valence-electron chi connectivity index (χ1n) is 16.2. The molecule has 0 saturated carbocycles. The molecule has 234 valence electrons. The Labute approximate surface area is 297 Å². The van der Waals surface area contributed by atoms with E-state index in [1.807, 2.05) is 24.4 Å². The SMILES string of the molecule is CC1(C)c2ccccc2[Si](c2[c-]c3c(cc2)c2ccccc2n3-c2[c-]c(-c3[c-]cccc3)ccc2)(c2ccccn2)c2ccccc21.[Pt]. The van der Waals surface area contributed by atoms with Crippen LogP contribution in [0.3, 0.4) is 0 Å². The Hall–Kier alpha value is -4.82. The summed E-state index contributed by atoms with van der Waals surface area (Å²) < 4.78 is 2.34. The molecule has 0 saturated heterocycles. The second-order valence-electron chi connectivity index (χ2n) is 12.9.